The molecule has 0 atom stereocenters. The fourth-order valence-electron chi connectivity index (χ4n) is 1.68. The summed E-state index contributed by atoms with van der Waals surface area (Å²) in [6.07, 6.45) is 10.4. The second-order valence-electron chi connectivity index (χ2n) is 4.37. The molecule has 0 radical (unpaired) electrons. The SMILES string of the molecule is CCCCCCCNC(=O)/C(C#N)=C\c1cn[nH]c1. The number of carbonyl (C=O) groups excluding carboxylic acids is 1. The Labute approximate surface area is 113 Å². The van der Waals surface area contributed by atoms with Crippen molar-refractivity contribution >= 4 is 12.0 Å². The standard InChI is InChI=1S/C14H20N4O/c1-2-3-4-5-6-7-16-14(19)13(9-15)8-12-10-17-18-11-12/h8,10-11H,2-7H2,1H3,(H,16,19)(H,17,18)/b13-8-. The normalized spacial score (nSPS) is 11.1. The number of aromatic nitrogens is 2. The van der Waals surface area contributed by atoms with Crippen LogP contribution < -0.4 is 5.32 Å². The Balaban J connectivity index is 2.33. The molecule has 1 aromatic rings. The number of carbonyl (C=O) groups is 1. The molecule has 19 heavy (non-hydrogen) atoms. The second-order valence-corrected chi connectivity index (χ2v) is 4.37. The first-order valence-corrected chi connectivity index (χ1v) is 6.66. The summed E-state index contributed by atoms with van der Waals surface area (Å²) in [7, 11) is 0. The minimum Gasteiger partial charge on any atom is -0.351 e. The van der Waals surface area contributed by atoms with Gasteiger partial charge in [0.05, 0.1) is 6.20 Å². The number of nitriles is 1. The van der Waals surface area contributed by atoms with E-state index in [4.69, 9.17) is 5.26 Å². The molecule has 5 heteroatoms. The summed E-state index contributed by atoms with van der Waals surface area (Å²) in [5.74, 6) is -0.320. The Hall–Kier alpha value is -2.09. The lowest BCUT2D eigenvalue weighted by atomic mass is 10.1. The van der Waals surface area contributed by atoms with Crippen LogP contribution in [0.25, 0.3) is 6.08 Å². The molecule has 0 bridgehead atoms. The molecule has 0 aliphatic carbocycles. The minimum atomic E-state index is -0.320. The van der Waals surface area contributed by atoms with Gasteiger partial charge in [-0.2, -0.15) is 10.4 Å². The monoisotopic (exact) mass is 260 g/mol. The molecule has 0 aromatic carbocycles. The summed E-state index contributed by atoms with van der Waals surface area (Å²) < 4.78 is 0. The highest BCUT2D eigenvalue weighted by atomic mass is 16.1. The van der Waals surface area contributed by atoms with Gasteiger partial charge in [0, 0.05) is 18.3 Å². The molecule has 102 valence electrons. The topological polar surface area (TPSA) is 81.6 Å². The van der Waals surface area contributed by atoms with Gasteiger partial charge in [-0.3, -0.25) is 9.89 Å². The number of hydrogen-bond donors (Lipinski definition) is 2. The molecular weight excluding hydrogens is 240 g/mol. The number of nitrogens with zero attached hydrogens (tertiary/aromatic N) is 2. The highest BCUT2D eigenvalue weighted by Gasteiger charge is 2.08. The van der Waals surface area contributed by atoms with E-state index in [1.165, 1.54) is 25.3 Å². The maximum Gasteiger partial charge on any atom is 0.261 e. The van der Waals surface area contributed by atoms with E-state index in [0.717, 1.165) is 18.4 Å². The van der Waals surface area contributed by atoms with Crippen molar-refractivity contribution in [3.05, 3.63) is 23.5 Å². The largest absolute Gasteiger partial charge is 0.351 e. The fourth-order valence-corrected chi connectivity index (χ4v) is 1.68. The van der Waals surface area contributed by atoms with Crippen LogP contribution in [0.1, 0.15) is 44.6 Å². The quantitative estimate of drug-likeness (QED) is 0.428. The van der Waals surface area contributed by atoms with Gasteiger partial charge in [0.1, 0.15) is 11.6 Å². The summed E-state index contributed by atoms with van der Waals surface area (Å²) in [4.78, 5) is 11.8. The van der Waals surface area contributed by atoms with Crippen LogP contribution in [0.4, 0.5) is 0 Å². The predicted octanol–water partition coefficient (Wildman–Crippen LogP) is 2.40. The molecule has 1 heterocycles. The molecule has 1 amide bonds. The van der Waals surface area contributed by atoms with E-state index >= 15 is 0 Å². The van der Waals surface area contributed by atoms with Crippen molar-refractivity contribution in [1.29, 1.82) is 5.26 Å². The van der Waals surface area contributed by atoms with Gasteiger partial charge in [-0.15, -0.1) is 0 Å². The van der Waals surface area contributed by atoms with Crippen LogP contribution >= 0.6 is 0 Å². The summed E-state index contributed by atoms with van der Waals surface area (Å²) in [5.41, 5.74) is 0.824. The molecule has 2 N–H and O–H groups in total. The average molecular weight is 260 g/mol. The van der Waals surface area contributed by atoms with Gasteiger partial charge < -0.3 is 5.32 Å². The van der Waals surface area contributed by atoms with E-state index < -0.39 is 0 Å². The molecule has 0 unspecified atom stereocenters. The fraction of sp³-hybridized carbons (Fsp3) is 0.500. The molecule has 0 spiro atoms. The molecule has 1 rings (SSSR count). The van der Waals surface area contributed by atoms with Crippen LogP contribution in [-0.2, 0) is 4.79 Å². The van der Waals surface area contributed by atoms with Gasteiger partial charge in [-0.1, -0.05) is 32.6 Å². The van der Waals surface area contributed by atoms with Crippen LogP contribution in [-0.4, -0.2) is 22.6 Å². The third kappa shape index (κ3) is 5.87. The molecule has 0 aliphatic rings. The first kappa shape index (κ1) is 15.0. The number of hydrogen-bond acceptors (Lipinski definition) is 3. The van der Waals surface area contributed by atoms with Gasteiger partial charge >= 0.3 is 0 Å². The van der Waals surface area contributed by atoms with Crippen molar-refractivity contribution < 1.29 is 4.79 Å². The molecular formula is C14H20N4O. The van der Waals surface area contributed by atoms with E-state index in [9.17, 15) is 4.79 Å². The third-order valence-electron chi connectivity index (χ3n) is 2.76. The summed E-state index contributed by atoms with van der Waals surface area (Å²) in [6, 6.07) is 1.91. The van der Waals surface area contributed by atoms with Crippen molar-refractivity contribution in [2.45, 2.75) is 39.0 Å². The predicted molar refractivity (Wildman–Crippen MR) is 73.9 cm³/mol. The summed E-state index contributed by atoms with van der Waals surface area (Å²) in [6.45, 7) is 2.79. The zero-order valence-corrected chi connectivity index (χ0v) is 11.3. The van der Waals surface area contributed by atoms with E-state index in [1.54, 1.807) is 12.4 Å². The maximum absolute atomic E-state index is 11.8. The Morgan fingerprint density at radius 2 is 2.26 bits per heavy atom. The van der Waals surface area contributed by atoms with Gasteiger partial charge in [0.25, 0.3) is 5.91 Å². The smallest absolute Gasteiger partial charge is 0.261 e. The number of nitrogens with one attached hydrogen (secondary N) is 2. The van der Waals surface area contributed by atoms with Crippen LogP contribution in [0.3, 0.4) is 0 Å². The lowest BCUT2D eigenvalue weighted by molar-refractivity contribution is -0.117. The van der Waals surface area contributed by atoms with Crippen molar-refractivity contribution in [1.82, 2.24) is 15.5 Å². The van der Waals surface area contributed by atoms with E-state index in [0.29, 0.717) is 6.54 Å². The van der Waals surface area contributed by atoms with Gasteiger partial charge in [0.2, 0.25) is 0 Å². The van der Waals surface area contributed by atoms with Crippen molar-refractivity contribution in [2.24, 2.45) is 0 Å². The molecule has 0 fully saturated rings. The first-order chi connectivity index (χ1) is 9.27. The average Bonchev–Trinajstić information content (AvgIpc) is 2.92. The molecule has 0 saturated carbocycles. The lowest BCUT2D eigenvalue weighted by Crippen LogP contribution is -2.25. The first-order valence-electron chi connectivity index (χ1n) is 6.66. The lowest BCUT2D eigenvalue weighted by Gasteiger charge is -2.03. The highest BCUT2D eigenvalue weighted by Crippen LogP contribution is 2.05. The molecule has 5 nitrogen and oxygen atoms in total. The van der Waals surface area contributed by atoms with E-state index in [2.05, 4.69) is 22.4 Å². The van der Waals surface area contributed by atoms with E-state index in [1.807, 2.05) is 6.07 Å². The number of rotatable bonds is 8. The third-order valence-corrected chi connectivity index (χ3v) is 2.76. The Morgan fingerprint density at radius 1 is 1.47 bits per heavy atom. The zero-order chi connectivity index (χ0) is 13.9. The molecule has 1 aromatic heterocycles. The highest BCUT2D eigenvalue weighted by molar-refractivity contribution is 6.01. The van der Waals surface area contributed by atoms with E-state index in [-0.39, 0.29) is 11.5 Å². The number of H-pyrrole nitrogens is 1. The zero-order valence-electron chi connectivity index (χ0n) is 11.3. The number of amides is 1. The second kappa shape index (κ2) is 8.92. The minimum absolute atomic E-state index is 0.106. The maximum atomic E-state index is 11.8. The summed E-state index contributed by atoms with van der Waals surface area (Å²) in [5, 5.41) is 18.1. The molecule has 0 saturated heterocycles. The number of unbranched alkanes of at least 4 members (excludes halogenated alkanes) is 4. The Bertz CT molecular complexity index is 443. The van der Waals surface area contributed by atoms with Crippen molar-refractivity contribution in [3.63, 3.8) is 0 Å². The Morgan fingerprint density at radius 3 is 2.89 bits per heavy atom. The van der Waals surface area contributed by atoms with Crippen LogP contribution in [0.5, 0.6) is 0 Å². The molecule has 0 aliphatic heterocycles. The van der Waals surface area contributed by atoms with Crippen molar-refractivity contribution in [3.8, 4) is 6.07 Å². The van der Waals surface area contributed by atoms with Gasteiger partial charge in [-0.25, -0.2) is 0 Å². The Kier molecular flexibility index (Phi) is 7.03. The van der Waals surface area contributed by atoms with Crippen LogP contribution in [0, 0.1) is 11.3 Å². The van der Waals surface area contributed by atoms with Crippen molar-refractivity contribution in [2.75, 3.05) is 6.54 Å². The number of aromatic amines is 1. The van der Waals surface area contributed by atoms with Gasteiger partial charge in [-0.05, 0) is 12.5 Å². The van der Waals surface area contributed by atoms with Gasteiger partial charge in [0.15, 0.2) is 0 Å². The van der Waals surface area contributed by atoms with Crippen LogP contribution in [0.15, 0.2) is 18.0 Å². The van der Waals surface area contributed by atoms with Crippen LogP contribution in [0.2, 0.25) is 0 Å². The summed E-state index contributed by atoms with van der Waals surface area (Å²) >= 11 is 0.